The first-order chi connectivity index (χ1) is 11.1. The van der Waals surface area contributed by atoms with Gasteiger partial charge in [0.15, 0.2) is 5.65 Å². The second-order valence-electron chi connectivity index (χ2n) is 5.17. The number of aromatic nitrogens is 6. The Morgan fingerprint density at radius 1 is 1.22 bits per heavy atom. The summed E-state index contributed by atoms with van der Waals surface area (Å²) in [5, 5.41) is 8.25. The van der Waals surface area contributed by atoms with Gasteiger partial charge in [-0.05, 0) is 32.0 Å². The number of nitrogens with one attached hydrogen (secondary N) is 1. The number of rotatable bonds is 2. The van der Waals surface area contributed by atoms with Crippen molar-refractivity contribution in [3.05, 3.63) is 52.3 Å². The topological polar surface area (TPSA) is 102 Å². The van der Waals surface area contributed by atoms with Crippen molar-refractivity contribution in [1.29, 1.82) is 0 Å². The van der Waals surface area contributed by atoms with Crippen LogP contribution in [0.4, 0.5) is 0 Å². The molecule has 0 saturated heterocycles. The van der Waals surface area contributed by atoms with Crippen molar-refractivity contribution < 1.29 is 4.52 Å². The molecule has 8 heteroatoms. The fourth-order valence-electron chi connectivity index (χ4n) is 2.46. The minimum Gasteiger partial charge on any atom is -0.333 e. The molecule has 8 nitrogen and oxygen atoms in total. The van der Waals surface area contributed by atoms with Gasteiger partial charge in [0.05, 0.1) is 11.8 Å². The molecule has 0 aliphatic heterocycles. The molecule has 0 aliphatic carbocycles. The van der Waals surface area contributed by atoms with Crippen molar-refractivity contribution in [2.45, 2.75) is 13.8 Å². The molecule has 0 bridgehead atoms. The van der Waals surface area contributed by atoms with E-state index in [9.17, 15) is 4.79 Å². The summed E-state index contributed by atoms with van der Waals surface area (Å²) < 4.78 is 6.93. The van der Waals surface area contributed by atoms with Crippen molar-refractivity contribution in [3.63, 3.8) is 0 Å². The summed E-state index contributed by atoms with van der Waals surface area (Å²) in [6, 6.07) is 5.26. The predicted molar refractivity (Wildman–Crippen MR) is 81.8 cm³/mol. The van der Waals surface area contributed by atoms with Crippen LogP contribution in [-0.4, -0.2) is 29.7 Å². The number of hydrogen-bond donors (Lipinski definition) is 1. The van der Waals surface area contributed by atoms with Crippen LogP contribution in [0.15, 0.2) is 39.9 Å². The summed E-state index contributed by atoms with van der Waals surface area (Å²) in [5.74, 6) is 0.501. The SMILES string of the molecule is Cc1cc(C)n2ncc(-c3noc(-c4ccc[nH]c4=O)n3)c2n1. The average Bonchev–Trinajstić information content (AvgIpc) is 3.14. The number of aryl methyl sites for hydroxylation is 2. The van der Waals surface area contributed by atoms with E-state index in [0.29, 0.717) is 22.6 Å². The van der Waals surface area contributed by atoms with Crippen LogP contribution in [0.2, 0.25) is 0 Å². The molecule has 0 radical (unpaired) electrons. The van der Waals surface area contributed by atoms with E-state index in [0.717, 1.165) is 11.4 Å². The Bertz CT molecular complexity index is 1070. The van der Waals surface area contributed by atoms with Crippen LogP contribution < -0.4 is 5.56 Å². The Morgan fingerprint density at radius 3 is 2.91 bits per heavy atom. The Kier molecular flexibility index (Phi) is 2.83. The third-order valence-electron chi connectivity index (χ3n) is 3.49. The van der Waals surface area contributed by atoms with Crippen LogP contribution in [0.5, 0.6) is 0 Å². The van der Waals surface area contributed by atoms with Gasteiger partial charge in [-0.2, -0.15) is 10.1 Å². The van der Waals surface area contributed by atoms with E-state index in [1.54, 1.807) is 29.0 Å². The van der Waals surface area contributed by atoms with Gasteiger partial charge in [-0.25, -0.2) is 9.50 Å². The fraction of sp³-hybridized carbons (Fsp3) is 0.133. The summed E-state index contributed by atoms with van der Waals surface area (Å²) in [4.78, 5) is 23.2. The molecule has 23 heavy (non-hydrogen) atoms. The average molecular weight is 308 g/mol. The van der Waals surface area contributed by atoms with Crippen LogP contribution >= 0.6 is 0 Å². The molecule has 0 saturated carbocycles. The lowest BCUT2D eigenvalue weighted by Gasteiger charge is -2.00. The Labute approximate surface area is 129 Å². The predicted octanol–water partition coefficient (Wildman–Crippen LogP) is 1.75. The van der Waals surface area contributed by atoms with Gasteiger partial charge in [-0.3, -0.25) is 4.79 Å². The van der Waals surface area contributed by atoms with Gasteiger partial charge in [0.2, 0.25) is 5.82 Å². The molecule has 4 aromatic heterocycles. The first-order valence-electron chi connectivity index (χ1n) is 6.97. The fourth-order valence-corrected chi connectivity index (χ4v) is 2.46. The molecule has 0 unspecified atom stereocenters. The third-order valence-corrected chi connectivity index (χ3v) is 3.49. The Hall–Kier alpha value is -3.29. The Morgan fingerprint density at radius 2 is 2.09 bits per heavy atom. The normalized spacial score (nSPS) is 11.2. The van der Waals surface area contributed by atoms with Crippen molar-refractivity contribution in [2.24, 2.45) is 0 Å². The van der Waals surface area contributed by atoms with Gasteiger partial charge in [0.1, 0.15) is 5.56 Å². The molecule has 0 aliphatic rings. The molecule has 0 spiro atoms. The van der Waals surface area contributed by atoms with Crippen molar-refractivity contribution in [1.82, 2.24) is 29.7 Å². The minimum atomic E-state index is -0.285. The zero-order valence-corrected chi connectivity index (χ0v) is 12.4. The zero-order chi connectivity index (χ0) is 16.0. The molecule has 4 rings (SSSR count). The lowest BCUT2D eigenvalue weighted by molar-refractivity contribution is 0.432. The molecule has 4 heterocycles. The smallest absolute Gasteiger partial charge is 0.263 e. The largest absolute Gasteiger partial charge is 0.333 e. The summed E-state index contributed by atoms with van der Waals surface area (Å²) in [6.07, 6.45) is 3.18. The number of pyridine rings is 1. The lowest BCUT2D eigenvalue weighted by atomic mass is 10.2. The van der Waals surface area contributed by atoms with E-state index in [1.165, 1.54) is 0 Å². The van der Waals surface area contributed by atoms with Gasteiger partial charge in [-0.15, -0.1) is 0 Å². The second kappa shape index (κ2) is 4.87. The number of fused-ring (bicyclic) bond motifs is 1. The molecule has 0 fully saturated rings. The molecule has 114 valence electrons. The van der Waals surface area contributed by atoms with Crippen LogP contribution in [-0.2, 0) is 0 Å². The lowest BCUT2D eigenvalue weighted by Crippen LogP contribution is -2.06. The van der Waals surface area contributed by atoms with Crippen LogP contribution in [0.1, 0.15) is 11.4 Å². The van der Waals surface area contributed by atoms with Crippen molar-refractivity contribution in [2.75, 3.05) is 0 Å². The maximum atomic E-state index is 11.8. The first kappa shape index (κ1) is 13.4. The van der Waals surface area contributed by atoms with E-state index >= 15 is 0 Å². The molecular formula is C15H12N6O2. The molecule has 0 aromatic carbocycles. The number of H-pyrrole nitrogens is 1. The van der Waals surface area contributed by atoms with Crippen LogP contribution in [0, 0.1) is 13.8 Å². The van der Waals surface area contributed by atoms with E-state index < -0.39 is 0 Å². The highest BCUT2D eigenvalue weighted by molar-refractivity contribution is 5.73. The second-order valence-corrected chi connectivity index (χ2v) is 5.17. The Balaban J connectivity index is 1.87. The highest BCUT2D eigenvalue weighted by Crippen LogP contribution is 2.23. The molecule has 4 aromatic rings. The summed E-state index contributed by atoms with van der Waals surface area (Å²) >= 11 is 0. The van der Waals surface area contributed by atoms with Crippen LogP contribution in [0.25, 0.3) is 28.5 Å². The van der Waals surface area contributed by atoms with Gasteiger partial charge in [0.25, 0.3) is 11.4 Å². The quantitative estimate of drug-likeness (QED) is 0.605. The molecule has 1 N–H and O–H groups in total. The number of aromatic amines is 1. The van der Waals surface area contributed by atoms with Gasteiger partial charge in [0, 0.05) is 17.6 Å². The highest BCUT2D eigenvalue weighted by Gasteiger charge is 2.18. The monoisotopic (exact) mass is 308 g/mol. The van der Waals surface area contributed by atoms with Gasteiger partial charge < -0.3 is 9.51 Å². The van der Waals surface area contributed by atoms with Gasteiger partial charge in [-0.1, -0.05) is 5.16 Å². The van der Waals surface area contributed by atoms with Crippen molar-refractivity contribution in [3.8, 4) is 22.8 Å². The zero-order valence-electron chi connectivity index (χ0n) is 12.4. The van der Waals surface area contributed by atoms with Gasteiger partial charge >= 0.3 is 0 Å². The standard InChI is InChI=1S/C15H12N6O2/c1-8-6-9(2)21-13(18-8)11(7-17-21)12-19-15(23-20-12)10-4-3-5-16-14(10)22/h3-7H,1-2H3,(H,16,22). The summed E-state index contributed by atoms with van der Waals surface area (Å²) in [5.41, 5.74) is 3.17. The number of hydrogen-bond acceptors (Lipinski definition) is 6. The van der Waals surface area contributed by atoms with E-state index in [2.05, 4.69) is 25.2 Å². The van der Waals surface area contributed by atoms with E-state index in [-0.39, 0.29) is 11.4 Å². The summed E-state index contributed by atoms with van der Waals surface area (Å²) in [7, 11) is 0. The third kappa shape index (κ3) is 2.11. The maximum Gasteiger partial charge on any atom is 0.263 e. The molecule has 0 amide bonds. The van der Waals surface area contributed by atoms with Crippen molar-refractivity contribution >= 4 is 5.65 Å². The van der Waals surface area contributed by atoms with E-state index in [1.807, 2.05) is 19.9 Å². The minimum absolute atomic E-state index is 0.158. The first-order valence-corrected chi connectivity index (χ1v) is 6.97. The highest BCUT2D eigenvalue weighted by atomic mass is 16.5. The molecule has 0 atom stereocenters. The van der Waals surface area contributed by atoms with E-state index in [4.69, 9.17) is 4.52 Å². The van der Waals surface area contributed by atoms with Crippen LogP contribution in [0.3, 0.4) is 0 Å². The summed E-state index contributed by atoms with van der Waals surface area (Å²) in [6.45, 7) is 3.86. The molecular weight excluding hydrogens is 296 g/mol. The number of nitrogens with zero attached hydrogens (tertiary/aromatic N) is 5. The maximum absolute atomic E-state index is 11.8.